The second-order valence-electron chi connectivity index (χ2n) is 6.80. The Morgan fingerprint density at radius 2 is 1.86 bits per heavy atom. The molecule has 0 amide bonds. The van der Waals surface area contributed by atoms with Crippen molar-refractivity contribution in [2.24, 2.45) is 0 Å². The smallest absolute Gasteiger partial charge is 0.184 e. The molecule has 0 saturated carbocycles. The van der Waals surface area contributed by atoms with E-state index in [-0.39, 0.29) is 11.4 Å². The lowest BCUT2D eigenvalue weighted by Crippen LogP contribution is -2.35. The molecule has 0 saturated heterocycles. The van der Waals surface area contributed by atoms with Crippen molar-refractivity contribution in [3.8, 4) is 11.5 Å². The summed E-state index contributed by atoms with van der Waals surface area (Å²) in [7, 11) is 3.06. The average Bonchev–Trinajstić information content (AvgIpc) is 3.02. The zero-order valence-electron chi connectivity index (χ0n) is 16.8. The Balaban J connectivity index is 2.40. The highest BCUT2D eigenvalue weighted by Gasteiger charge is 2.44. The van der Waals surface area contributed by atoms with Crippen molar-refractivity contribution in [2.75, 3.05) is 20.8 Å². The average molecular weight is 404 g/mol. The Bertz CT molecular complexity index is 811. The molecule has 0 aromatic heterocycles. The van der Waals surface area contributed by atoms with Gasteiger partial charge in [-0.25, -0.2) is 0 Å². The SMILES string of the molecule is CCC(c1ccc(OC)c(OC)c1)C1(O)C=CC(=O)/C1=C\C=C\[C@H](O)[C@H](O)CO. The van der Waals surface area contributed by atoms with E-state index in [0.717, 1.165) is 5.56 Å². The van der Waals surface area contributed by atoms with E-state index in [2.05, 4.69) is 0 Å². The Kier molecular flexibility index (Phi) is 7.75. The molecule has 0 aliphatic heterocycles. The fraction of sp³-hybridized carbons (Fsp3) is 0.409. The van der Waals surface area contributed by atoms with Crippen LogP contribution in [-0.4, -0.2) is 64.8 Å². The molecule has 2 rings (SSSR count). The molecule has 0 radical (unpaired) electrons. The van der Waals surface area contributed by atoms with Gasteiger partial charge in [0.05, 0.1) is 20.8 Å². The monoisotopic (exact) mass is 404 g/mol. The molecule has 0 heterocycles. The number of aliphatic hydroxyl groups excluding tert-OH is 3. The van der Waals surface area contributed by atoms with Gasteiger partial charge in [-0.15, -0.1) is 0 Å². The van der Waals surface area contributed by atoms with Crippen LogP contribution in [0, 0.1) is 0 Å². The molecule has 0 spiro atoms. The van der Waals surface area contributed by atoms with E-state index in [1.54, 1.807) is 12.1 Å². The van der Waals surface area contributed by atoms with Crippen molar-refractivity contribution >= 4 is 5.78 Å². The quantitative estimate of drug-likeness (QED) is 0.458. The van der Waals surface area contributed by atoms with Crippen LogP contribution in [-0.2, 0) is 4.79 Å². The first-order chi connectivity index (χ1) is 13.8. The molecule has 7 nitrogen and oxygen atoms in total. The van der Waals surface area contributed by atoms with Crippen LogP contribution in [0.15, 0.2) is 54.2 Å². The van der Waals surface area contributed by atoms with Gasteiger partial charge in [-0.3, -0.25) is 4.79 Å². The minimum absolute atomic E-state index is 0.154. The van der Waals surface area contributed by atoms with Crippen LogP contribution in [0.4, 0.5) is 0 Å². The van der Waals surface area contributed by atoms with Gasteiger partial charge in [0, 0.05) is 11.5 Å². The van der Waals surface area contributed by atoms with E-state index in [9.17, 15) is 20.1 Å². The van der Waals surface area contributed by atoms with Crippen LogP contribution < -0.4 is 9.47 Å². The standard InChI is InChI=1S/C22H28O7/c1-4-15(14-8-9-20(28-2)21(12-14)29-3)22(27)11-10-17(24)16(22)6-5-7-18(25)19(26)13-23/h5-12,15,18-19,23,25-27H,4,13H2,1-3H3/b7-5+,16-6+/t15?,18-,19+,22?/m0/s1. The van der Waals surface area contributed by atoms with Gasteiger partial charge >= 0.3 is 0 Å². The molecule has 29 heavy (non-hydrogen) atoms. The Morgan fingerprint density at radius 1 is 1.17 bits per heavy atom. The maximum absolute atomic E-state index is 12.4. The zero-order valence-corrected chi connectivity index (χ0v) is 16.8. The van der Waals surface area contributed by atoms with Gasteiger partial charge in [0.2, 0.25) is 0 Å². The van der Waals surface area contributed by atoms with Crippen molar-refractivity contribution < 1.29 is 34.7 Å². The Hall–Kier alpha value is -2.45. The lowest BCUT2D eigenvalue weighted by Gasteiger charge is -2.32. The molecule has 4 N–H and O–H groups in total. The summed E-state index contributed by atoms with van der Waals surface area (Å²) in [6.07, 6.45) is 4.77. The van der Waals surface area contributed by atoms with Crippen LogP contribution in [0.2, 0.25) is 0 Å². The lowest BCUT2D eigenvalue weighted by atomic mass is 9.77. The molecule has 0 bridgehead atoms. The highest BCUT2D eigenvalue weighted by molar-refractivity contribution is 6.09. The summed E-state index contributed by atoms with van der Waals surface area (Å²) in [5.41, 5.74) is -0.616. The van der Waals surface area contributed by atoms with Gasteiger partial charge in [-0.1, -0.05) is 31.2 Å². The Labute approximate surface area is 170 Å². The first kappa shape index (κ1) is 22.8. The van der Waals surface area contributed by atoms with Gasteiger partial charge in [0.25, 0.3) is 0 Å². The number of carbonyl (C=O) groups is 1. The number of ketones is 1. The Morgan fingerprint density at radius 3 is 2.45 bits per heavy atom. The molecular formula is C22H28O7. The van der Waals surface area contributed by atoms with E-state index >= 15 is 0 Å². The van der Waals surface area contributed by atoms with Crippen LogP contribution in [0.1, 0.15) is 24.8 Å². The van der Waals surface area contributed by atoms with E-state index in [4.69, 9.17) is 14.6 Å². The summed E-state index contributed by atoms with van der Waals surface area (Å²) in [4.78, 5) is 12.4. The maximum Gasteiger partial charge on any atom is 0.184 e. The summed E-state index contributed by atoms with van der Waals surface area (Å²) in [5.74, 6) is 0.309. The van der Waals surface area contributed by atoms with Crippen LogP contribution >= 0.6 is 0 Å². The number of methoxy groups -OCH3 is 2. The van der Waals surface area contributed by atoms with Gasteiger partial charge in [-0.2, -0.15) is 0 Å². The van der Waals surface area contributed by atoms with Crippen molar-refractivity contribution in [1.29, 1.82) is 0 Å². The fourth-order valence-corrected chi connectivity index (χ4v) is 3.47. The maximum atomic E-state index is 12.4. The zero-order chi connectivity index (χ0) is 21.6. The van der Waals surface area contributed by atoms with E-state index in [1.807, 2.05) is 13.0 Å². The number of benzene rings is 1. The molecular weight excluding hydrogens is 376 g/mol. The van der Waals surface area contributed by atoms with Crippen LogP contribution in [0.5, 0.6) is 11.5 Å². The molecule has 0 fully saturated rings. The number of hydrogen-bond donors (Lipinski definition) is 4. The van der Waals surface area contributed by atoms with E-state index in [0.29, 0.717) is 17.9 Å². The number of ether oxygens (including phenoxy) is 2. The number of hydrogen-bond acceptors (Lipinski definition) is 7. The predicted octanol–water partition coefficient (Wildman–Crippen LogP) is 1.26. The highest BCUT2D eigenvalue weighted by atomic mass is 16.5. The predicted molar refractivity (Wildman–Crippen MR) is 108 cm³/mol. The highest BCUT2D eigenvalue weighted by Crippen LogP contribution is 2.43. The summed E-state index contributed by atoms with van der Waals surface area (Å²) < 4.78 is 10.6. The van der Waals surface area contributed by atoms with Crippen molar-refractivity contribution in [3.63, 3.8) is 0 Å². The first-order valence-electron chi connectivity index (χ1n) is 9.36. The summed E-state index contributed by atoms with van der Waals surface area (Å²) in [6.45, 7) is 1.31. The van der Waals surface area contributed by atoms with Crippen molar-refractivity contribution in [1.82, 2.24) is 0 Å². The summed E-state index contributed by atoms with van der Waals surface area (Å²) in [6, 6.07) is 5.34. The number of allylic oxidation sites excluding steroid dienone is 3. The van der Waals surface area contributed by atoms with E-state index < -0.39 is 30.3 Å². The van der Waals surface area contributed by atoms with Crippen LogP contribution in [0.25, 0.3) is 0 Å². The van der Waals surface area contributed by atoms with Gasteiger partial charge in [0.15, 0.2) is 17.3 Å². The van der Waals surface area contributed by atoms with Gasteiger partial charge in [0.1, 0.15) is 17.8 Å². The minimum atomic E-state index is -1.55. The fourth-order valence-electron chi connectivity index (χ4n) is 3.47. The molecule has 2 unspecified atom stereocenters. The normalized spacial score (nSPS) is 23.6. The molecule has 158 valence electrons. The summed E-state index contributed by atoms with van der Waals surface area (Å²) in [5, 5.41) is 39.4. The number of rotatable bonds is 9. The van der Waals surface area contributed by atoms with Crippen molar-refractivity contribution in [3.05, 3.63) is 59.7 Å². The first-order valence-corrected chi connectivity index (χ1v) is 9.36. The van der Waals surface area contributed by atoms with Gasteiger partial charge < -0.3 is 29.9 Å². The van der Waals surface area contributed by atoms with Crippen molar-refractivity contribution in [2.45, 2.75) is 37.1 Å². The minimum Gasteiger partial charge on any atom is -0.493 e. The number of aliphatic hydroxyl groups is 4. The lowest BCUT2D eigenvalue weighted by molar-refractivity contribution is -0.112. The summed E-state index contributed by atoms with van der Waals surface area (Å²) >= 11 is 0. The third kappa shape index (κ3) is 4.76. The molecule has 1 aromatic rings. The van der Waals surface area contributed by atoms with Gasteiger partial charge in [-0.05, 0) is 36.3 Å². The van der Waals surface area contributed by atoms with E-state index in [1.165, 1.54) is 44.6 Å². The topological polar surface area (TPSA) is 116 Å². The largest absolute Gasteiger partial charge is 0.493 e. The molecule has 1 aliphatic carbocycles. The molecule has 4 atom stereocenters. The number of carbonyl (C=O) groups excluding carboxylic acids is 1. The third-order valence-corrected chi connectivity index (χ3v) is 5.09. The molecule has 1 aromatic carbocycles. The third-order valence-electron chi connectivity index (χ3n) is 5.09. The molecule has 7 heteroatoms. The molecule has 1 aliphatic rings. The second-order valence-corrected chi connectivity index (χ2v) is 6.80. The second kappa shape index (κ2) is 9.84. The van der Waals surface area contributed by atoms with Crippen LogP contribution in [0.3, 0.4) is 0 Å².